The molecule has 3 N–H and O–H groups in total. The molecule has 0 amide bonds. The van der Waals surface area contributed by atoms with Gasteiger partial charge in [0.25, 0.3) is 0 Å². The van der Waals surface area contributed by atoms with Crippen LogP contribution >= 0.6 is 0 Å². The minimum Gasteiger partial charge on any atom is -0.490 e. The van der Waals surface area contributed by atoms with Crippen LogP contribution in [0, 0.1) is 0 Å². The highest BCUT2D eigenvalue weighted by molar-refractivity contribution is 5.84. The Balaban J connectivity index is 1.51. The largest absolute Gasteiger partial charge is 0.490 e. The third kappa shape index (κ3) is 5.54. The monoisotopic (exact) mass is 444 g/mol. The molecule has 4 rings (SSSR count). The smallest absolute Gasteiger partial charge is 0.321 e. The summed E-state index contributed by atoms with van der Waals surface area (Å²) in [7, 11) is 0. The van der Waals surface area contributed by atoms with Crippen LogP contribution in [0.5, 0.6) is 11.5 Å². The molecule has 3 aromatic carbocycles. The van der Waals surface area contributed by atoms with Crippen molar-refractivity contribution in [1.29, 1.82) is 0 Å². The summed E-state index contributed by atoms with van der Waals surface area (Å²) in [5.41, 5.74) is 3.86. The van der Waals surface area contributed by atoms with Gasteiger partial charge in [0.15, 0.2) is 11.5 Å². The number of aromatic nitrogens is 1. The number of nitrogens with one attached hydrogen (secondary N) is 2. The minimum atomic E-state index is -0.895. The van der Waals surface area contributed by atoms with Crippen molar-refractivity contribution in [2.24, 2.45) is 0 Å². The lowest BCUT2D eigenvalue weighted by molar-refractivity contribution is -0.139. The molecule has 0 radical (unpaired) electrons. The first kappa shape index (κ1) is 22.4. The van der Waals surface area contributed by atoms with Crippen molar-refractivity contribution in [3.63, 3.8) is 0 Å². The van der Waals surface area contributed by atoms with Crippen molar-refractivity contribution < 1.29 is 19.4 Å². The molecular formula is C27H28N2O4. The maximum absolute atomic E-state index is 12.0. The Kier molecular flexibility index (Phi) is 7.27. The second-order valence-corrected chi connectivity index (χ2v) is 7.79. The molecule has 4 aromatic rings. The molecule has 1 aromatic heterocycles. The van der Waals surface area contributed by atoms with Crippen LogP contribution in [0.1, 0.15) is 23.6 Å². The Morgan fingerprint density at radius 3 is 2.55 bits per heavy atom. The molecule has 6 heteroatoms. The molecule has 170 valence electrons. The number of carboxylic acid groups (broad SMARTS) is 1. The van der Waals surface area contributed by atoms with E-state index in [2.05, 4.69) is 10.3 Å². The van der Waals surface area contributed by atoms with E-state index < -0.39 is 12.0 Å². The first-order chi connectivity index (χ1) is 16.2. The second-order valence-electron chi connectivity index (χ2n) is 7.79. The number of para-hydroxylation sites is 2. The number of rotatable bonds is 11. The Morgan fingerprint density at radius 1 is 0.970 bits per heavy atom. The highest BCUT2D eigenvalue weighted by atomic mass is 16.5. The standard InChI is InChI=1S/C27H28N2O4/c1-2-32-25-14-8-11-20(26(25)33-18-19-9-4-3-5-10-19)16-29-24(27(30)31)15-21-17-28-23-13-7-6-12-22(21)23/h3-14,17,24,28-29H,2,15-16,18H2,1H3,(H,30,31)/t24-/m1/s1. The third-order valence-corrected chi connectivity index (χ3v) is 5.52. The highest BCUT2D eigenvalue weighted by Crippen LogP contribution is 2.32. The van der Waals surface area contributed by atoms with E-state index in [9.17, 15) is 9.90 Å². The predicted octanol–water partition coefficient (Wildman–Crippen LogP) is 4.93. The van der Waals surface area contributed by atoms with E-state index in [1.54, 1.807) is 0 Å². The van der Waals surface area contributed by atoms with E-state index >= 15 is 0 Å². The number of hydrogen-bond donors (Lipinski definition) is 3. The lowest BCUT2D eigenvalue weighted by Gasteiger charge is -2.19. The van der Waals surface area contributed by atoms with Crippen LogP contribution in [0.4, 0.5) is 0 Å². The van der Waals surface area contributed by atoms with Crippen LogP contribution < -0.4 is 14.8 Å². The lowest BCUT2D eigenvalue weighted by atomic mass is 10.0. The average Bonchev–Trinajstić information content (AvgIpc) is 3.24. The van der Waals surface area contributed by atoms with Crippen molar-refractivity contribution in [1.82, 2.24) is 10.3 Å². The van der Waals surface area contributed by atoms with Crippen molar-refractivity contribution >= 4 is 16.9 Å². The van der Waals surface area contributed by atoms with Gasteiger partial charge in [0, 0.05) is 35.6 Å². The Hall–Kier alpha value is -3.77. The van der Waals surface area contributed by atoms with Gasteiger partial charge >= 0.3 is 5.97 Å². The van der Waals surface area contributed by atoms with Crippen LogP contribution in [0.15, 0.2) is 79.0 Å². The fourth-order valence-electron chi connectivity index (χ4n) is 3.86. The summed E-state index contributed by atoms with van der Waals surface area (Å²) in [5.74, 6) is 0.385. The number of carboxylic acids is 1. The molecule has 0 fully saturated rings. The van der Waals surface area contributed by atoms with Crippen molar-refractivity contribution in [2.75, 3.05) is 6.61 Å². The molecule has 0 aliphatic rings. The van der Waals surface area contributed by atoms with Gasteiger partial charge in [-0.15, -0.1) is 0 Å². The summed E-state index contributed by atoms with van der Waals surface area (Å²) in [6.07, 6.45) is 2.25. The topological polar surface area (TPSA) is 83.6 Å². The van der Waals surface area contributed by atoms with Gasteiger partial charge in [0.2, 0.25) is 0 Å². The predicted molar refractivity (Wildman–Crippen MR) is 129 cm³/mol. The molecule has 0 bridgehead atoms. The van der Waals surface area contributed by atoms with E-state index in [-0.39, 0.29) is 0 Å². The molecule has 0 aliphatic heterocycles. The normalized spacial score (nSPS) is 11.9. The van der Waals surface area contributed by atoms with Gasteiger partial charge in [-0.25, -0.2) is 0 Å². The molecule has 0 saturated carbocycles. The molecule has 33 heavy (non-hydrogen) atoms. The maximum atomic E-state index is 12.0. The van der Waals surface area contributed by atoms with Gasteiger partial charge in [-0.05, 0) is 30.2 Å². The average molecular weight is 445 g/mol. The van der Waals surface area contributed by atoms with Gasteiger partial charge in [-0.1, -0.05) is 60.7 Å². The zero-order chi connectivity index (χ0) is 23.0. The number of fused-ring (bicyclic) bond motifs is 1. The fraction of sp³-hybridized carbons (Fsp3) is 0.222. The van der Waals surface area contributed by atoms with Crippen molar-refractivity contribution in [3.05, 3.63) is 95.7 Å². The van der Waals surface area contributed by atoms with E-state index in [0.29, 0.717) is 37.7 Å². The lowest BCUT2D eigenvalue weighted by Crippen LogP contribution is -2.38. The van der Waals surface area contributed by atoms with Crippen LogP contribution in [0.25, 0.3) is 10.9 Å². The fourth-order valence-corrected chi connectivity index (χ4v) is 3.86. The first-order valence-corrected chi connectivity index (χ1v) is 11.1. The van der Waals surface area contributed by atoms with Gasteiger partial charge in [-0.2, -0.15) is 0 Å². The molecule has 1 heterocycles. The van der Waals surface area contributed by atoms with Gasteiger partial charge in [0.1, 0.15) is 12.6 Å². The van der Waals surface area contributed by atoms with Gasteiger partial charge in [-0.3, -0.25) is 10.1 Å². The highest BCUT2D eigenvalue weighted by Gasteiger charge is 2.21. The Morgan fingerprint density at radius 2 is 1.76 bits per heavy atom. The molecule has 0 saturated heterocycles. The third-order valence-electron chi connectivity index (χ3n) is 5.52. The molecule has 0 spiro atoms. The molecule has 0 unspecified atom stereocenters. The quantitative estimate of drug-likeness (QED) is 0.305. The minimum absolute atomic E-state index is 0.338. The molecule has 6 nitrogen and oxygen atoms in total. The van der Waals surface area contributed by atoms with Crippen LogP contribution in [-0.2, 0) is 24.4 Å². The maximum Gasteiger partial charge on any atom is 0.321 e. The number of carbonyl (C=O) groups is 1. The SMILES string of the molecule is CCOc1cccc(CN[C@H](Cc2c[nH]c3ccccc23)C(=O)O)c1OCc1ccccc1. The van der Waals surface area contributed by atoms with Gasteiger partial charge in [0.05, 0.1) is 6.61 Å². The van der Waals surface area contributed by atoms with E-state index in [4.69, 9.17) is 9.47 Å². The summed E-state index contributed by atoms with van der Waals surface area (Å²) in [6.45, 7) is 3.17. The summed E-state index contributed by atoms with van der Waals surface area (Å²) in [6, 6.07) is 22.8. The van der Waals surface area contributed by atoms with E-state index in [1.807, 2.05) is 85.9 Å². The second kappa shape index (κ2) is 10.7. The summed E-state index contributed by atoms with van der Waals surface area (Å²) >= 11 is 0. The zero-order valence-electron chi connectivity index (χ0n) is 18.6. The number of H-pyrrole nitrogens is 1. The molecule has 1 atom stereocenters. The number of ether oxygens (including phenoxy) is 2. The molecular weight excluding hydrogens is 416 g/mol. The van der Waals surface area contributed by atoms with Gasteiger partial charge < -0.3 is 19.6 Å². The van der Waals surface area contributed by atoms with Crippen molar-refractivity contribution in [3.8, 4) is 11.5 Å². The van der Waals surface area contributed by atoms with Crippen LogP contribution in [-0.4, -0.2) is 28.7 Å². The van der Waals surface area contributed by atoms with E-state index in [1.165, 1.54) is 0 Å². The van der Waals surface area contributed by atoms with Crippen LogP contribution in [0.3, 0.4) is 0 Å². The van der Waals surface area contributed by atoms with Crippen molar-refractivity contribution in [2.45, 2.75) is 32.5 Å². The van der Waals surface area contributed by atoms with Crippen LogP contribution in [0.2, 0.25) is 0 Å². The number of aromatic amines is 1. The summed E-state index contributed by atoms with van der Waals surface area (Å²) in [5, 5.41) is 14.1. The number of benzene rings is 3. The van der Waals surface area contributed by atoms with E-state index in [0.717, 1.165) is 27.6 Å². The Labute approximate surface area is 193 Å². The number of aliphatic carboxylic acids is 1. The zero-order valence-corrected chi connectivity index (χ0v) is 18.6. The summed E-state index contributed by atoms with van der Waals surface area (Å²) in [4.78, 5) is 15.2. The summed E-state index contributed by atoms with van der Waals surface area (Å²) < 4.78 is 11.9. The Bertz CT molecular complexity index is 1200. The number of hydrogen-bond acceptors (Lipinski definition) is 4. The first-order valence-electron chi connectivity index (χ1n) is 11.1. The molecule has 0 aliphatic carbocycles.